The van der Waals surface area contributed by atoms with E-state index in [2.05, 4.69) is 5.16 Å². The summed E-state index contributed by atoms with van der Waals surface area (Å²) >= 11 is 3.00. The molecule has 6 nitrogen and oxygen atoms in total. The molecule has 2 aliphatic rings. The Morgan fingerprint density at radius 1 is 1.23 bits per heavy atom. The molecule has 2 aromatic carbocycles. The van der Waals surface area contributed by atoms with Gasteiger partial charge in [-0.05, 0) is 43.4 Å². The highest BCUT2D eigenvalue weighted by atomic mass is 32.2. The summed E-state index contributed by atoms with van der Waals surface area (Å²) < 4.78 is 4.60. The van der Waals surface area contributed by atoms with Crippen LogP contribution in [0.4, 0.5) is 0 Å². The maximum Gasteiger partial charge on any atom is 0.336 e. The fourth-order valence-corrected chi connectivity index (χ4v) is 7.94. The standard InChI is InChI=1S/C23H22N2O4S2/c1-12-7-5-9-14-13(12)8-6-10-15(14)17-16(11-29-24-17)23(21(27)28)22(2,3)31-20-18(30-4)19(26)25(20)23/h5-11,18,20H,1-4H3,(H,27,28)/t18?,20-,23+/m1/s1. The highest BCUT2D eigenvalue weighted by Gasteiger charge is 2.74. The Labute approximate surface area is 188 Å². The zero-order chi connectivity index (χ0) is 22.1. The lowest BCUT2D eigenvalue weighted by Gasteiger charge is -2.49. The number of β-lactam (4-membered cyclic amide) rings is 1. The summed E-state index contributed by atoms with van der Waals surface area (Å²) in [6.45, 7) is 5.81. The summed E-state index contributed by atoms with van der Waals surface area (Å²) in [4.78, 5) is 27.6. The molecule has 1 aromatic heterocycles. The number of carbonyl (C=O) groups is 2. The minimum Gasteiger partial charge on any atom is -0.479 e. The van der Waals surface area contributed by atoms with Crippen molar-refractivity contribution in [2.24, 2.45) is 0 Å². The van der Waals surface area contributed by atoms with Crippen LogP contribution in [-0.2, 0) is 15.1 Å². The van der Waals surface area contributed by atoms with E-state index >= 15 is 0 Å². The number of hydrogen-bond donors (Lipinski definition) is 1. The Morgan fingerprint density at radius 3 is 2.65 bits per heavy atom. The monoisotopic (exact) mass is 454 g/mol. The average Bonchev–Trinajstić information content (AvgIpc) is 3.28. The van der Waals surface area contributed by atoms with Gasteiger partial charge in [-0.2, -0.15) is 0 Å². The van der Waals surface area contributed by atoms with Gasteiger partial charge in [0.2, 0.25) is 5.91 Å². The van der Waals surface area contributed by atoms with Gasteiger partial charge in [-0.25, -0.2) is 4.79 Å². The third-order valence-corrected chi connectivity index (χ3v) is 9.31. The number of benzene rings is 2. The maximum absolute atomic E-state index is 13.1. The van der Waals surface area contributed by atoms with E-state index in [0.717, 1.165) is 21.9 Å². The van der Waals surface area contributed by atoms with E-state index in [4.69, 9.17) is 4.52 Å². The summed E-state index contributed by atoms with van der Waals surface area (Å²) in [5, 5.41) is 16.5. The third-order valence-electron chi connectivity index (χ3n) is 6.56. The second-order valence-electron chi connectivity index (χ2n) is 8.45. The Balaban J connectivity index is 1.78. The van der Waals surface area contributed by atoms with E-state index in [1.807, 2.05) is 63.4 Å². The summed E-state index contributed by atoms with van der Waals surface area (Å²) in [5.41, 5.74) is 1.22. The number of hydrogen-bond acceptors (Lipinski definition) is 6. The van der Waals surface area contributed by atoms with Crippen LogP contribution in [-0.4, -0.2) is 48.7 Å². The molecule has 1 unspecified atom stereocenters. The Morgan fingerprint density at radius 2 is 1.94 bits per heavy atom. The Hall–Kier alpha value is -2.45. The predicted molar refractivity (Wildman–Crippen MR) is 123 cm³/mol. The molecule has 160 valence electrons. The molecule has 3 aromatic rings. The third kappa shape index (κ3) is 2.46. The van der Waals surface area contributed by atoms with E-state index in [0.29, 0.717) is 11.3 Å². The van der Waals surface area contributed by atoms with Gasteiger partial charge in [0.15, 0.2) is 5.54 Å². The summed E-state index contributed by atoms with van der Waals surface area (Å²) in [7, 11) is 0. The van der Waals surface area contributed by atoms with Gasteiger partial charge < -0.3 is 14.5 Å². The Kier molecular flexibility index (Phi) is 4.47. The fraction of sp³-hybridized carbons (Fsp3) is 0.348. The number of aliphatic carboxylic acids is 1. The molecule has 0 bridgehead atoms. The first kappa shape index (κ1) is 20.5. The highest BCUT2D eigenvalue weighted by molar-refractivity contribution is 8.05. The van der Waals surface area contributed by atoms with Crippen molar-refractivity contribution in [3.05, 3.63) is 53.8 Å². The lowest BCUT2D eigenvalue weighted by Crippen LogP contribution is -2.69. The predicted octanol–water partition coefficient (Wildman–Crippen LogP) is 4.51. The molecule has 3 atom stereocenters. The molecule has 1 amide bonds. The molecule has 3 heterocycles. The van der Waals surface area contributed by atoms with Crippen LogP contribution in [0.5, 0.6) is 0 Å². The molecule has 2 saturated heterocycles. The Bertz CT molecular complexity index is 1240. The normalized spacial score (nSPS) is 26.7. The van der Waals surface area contributed by atoms with E-state index in [-0.39, 0.29) is 16.5 Å². The molecule has 0 saturated carbocycles. The van der Waals surface area contributed by atoms with Crippen LogP contribution in [0.2, 0.25) is 0 Å². The van der Waals surface area contributed by atoms with Crippen molar-refractivity contribution in [1.82, 2.24) is 10.1 Å². The second-order valence-corrected chi connectivity index (χ2v) is 11.2. The van der Waals surface area contributed by atoms with Gasteiger partial charge in [-0.1, -0.05) is 41.6 Å². The van der Waals surface area contributed by atoms with Crippen LogP contribution in [0, 0.1) is 6.92 Å². The second kappa shape index (κ2) is 6.77. The molecule has 0 radical (unpaired) electrons. The van der Waals surface area contributed by atoms with Crippen LogP contribution >= 0.6 is 23.5 Å². The largest absolute Gasteiger partial charge is 0.479 e. The SMILES string of the molecule is CSC1C(=O)N2[C@@H]1SC(C)(C)[C@@]2(C(=O)O)c1conc1-c1cccc2c(C)cccc12. The van der Waals surface area contributed by atoms with Crippen molar-refractivity contribution in [1.29, 1.82) is 0 Å². The molecule has 0 spiro atoms. The number of nitrogens with zero attached hydrogens (tertiary/aromatic N) is 2. The lowest BCUT2D eigenvalue weighted by atomic mass is 9.75. The molecule has 1 N–H and O–H groups in total. The molecular formula is C23H22N2O4S2. The quantitative estimate of drug-likeness (QED) is 0.581. The number of carbonyl (C=O) groups excluding carboxylic acids is 1. The van der Waals surface area contributed by atoms with E-state index < -0.39 is 16.3 Å². The van der Waals surface area contributed by atoms with Gasteiger partial charge in [0, 0.05) is 5.56 Å². The number of rotatable bonds is 4. The molecule has 8 heteroatoms. The number of fused-ring (bicyclic) bond motifs is 2. The van der Waals surface area contributed by atoms with Crippen LogP contribution < -0.4 is 0 Å². The molecule has 2 aliphatic heterocycles. The van der Waals surface area contributed by atoms with Crippen molar-refractivity contribution in [2.75, 3.05) is 6.26 Å². The lowest BCUT2D eigenvalue weighted by molar-refractivity contribution is -0.168. The van der Waals surface area contributed by atoms with E-state index in [1.54, 1.807) is 0 Å². The zero-order valence-electron chi connectivity index (χ0n) is 17.6. The fourth-order valence-electron chi connectivity index (χ4n) is 5.09. The first-order valence-corrected chi connectivity index (χ1v) is 12.1. The number of carboxylic acids is 1. The minimum atomic E-state index is -1.58. The van der Waals surface area contributed by atoms with Gasteiger partial charge >= 0.3 is 5.97 Å². The highest BCUT2D eigenvalue weighted by Crippen LogP contribution is 2.63. The van der Waals surface area contributed by atoms with Crippen molar-refractivity contribution in [2.45, 2.75) is 41.7 Å². The number of aromatic nitrogens is 1. The average molecular weight is 455 g/mol. The first-order chi connectivity index (χ1) is 14.8. The van der Waals surface area contributed by atoms with Crippen molar-refractivity contribution < 1.29 is 19.2 Å². The van der Waals surface area contributed by atoms with Crippen LogP contribution in [0.15, 0.2) is 47.2 Å². The number of thioether (sulfide) groups is 2. The molecular weight excluding hydrogens is 432 g/mol. The van der Waals surface area contributed by atoms with Crippen molar-refractivity contribution >= 4 is 46.2 Å². The smallest absolute Gasteiger partial charge is 0.336 e. The van der Waals surface area contributed by atoms with Crippen LogP contribution in [0.1, 0.15) is 25.0 Å². The number of carboxylic acid groups (broad SMARTS) is 1. The summed E-state index contributed by atoms with van der Waals surface area (Å²) in [6, 6.07) is 11.9. The first-order valence-electron chi connectivity index (χ1n) is 9.96. The van der Waals surface area contributed by atoms with Gasteiger partial charge in [0.05, 0.1) is 10.3 Å². The number of amides is 1. The van der Waals surface area contributed by atoms with Crippen LogP contribution in [0.3, 0.4) is 0 Å². The van der Waals surface area contributed by atoms with Crippen LogP contribution in [0.25, 0.3) is 22.0 Å². The van der Waals surface area contributed by atoms with Gasteiger partial charge in [0.25, 0.3) is 0 Å². The minimum absolute atomic E-state index is 0.154. The van der Waals surface area contributed by atoms with Crippen molar-refractivity contribution in [3.63, 3.8) is 0 Å². The molecule has 2 fully saturated rings. The molecule has 31 heavy (non-hydrogen) atoms. The van der Waals surface area contributed by atoms with E-state index in [9.17, 15) is 14.7 Å². The summed E-state index contributed by atoms with van der Waals surface area (Å²) in [6.07, 6.45) is 3.29. The molecule has 5 rings (SSSR count). The van der Waals surface area contributed by atoms with Gasteiger partial charge in [-0.3, -0.25) is 4.79 Å². The topological polar surface area (TPSA) is 83.6 Å². The summed E-state index contributed by atoms with van der Waals surface area (Å²) in [5.74, 6) is -1.22. The maximum atomic E-state index is 13.1. The zero-order valence-corrected chi connectivity index (χ0v) is 19.2. The van der Waals surface area contributed by atoms with Gasteiger partial charge in [-0.15, -0.1) is 23.5 Å². The molecule has 0 aliphatic carbocycles. The number of aryl methyl sites for hydroxylation is 1. The van der Waals surface area contributed by atoms with E-state index in [1.165, 1.54) is 34.7 Å². The van der Waals surface area contributed by atoms with Crippen molar-refractivity contribution in [3.8, 4) is 11.3 Å². The van der Waals surface area contributed by atoms with Gasteiger partial charge in [0.1, 0.15) is 22.6 Å².